The first-order valence-corrected chi connectivity index (χ1v) is 6.77. The summed E-state index contributed by atoms with van der Waals surface area (Å²) in [5.41, 5.74) is -0.584. The SMILES string of the molecule is O=C(O)c1cn(Cc2ccccc2F)c2ccc(F)cc2c1=O. The quantitative estimate of drug-likeness (QED) is 0.808. The number of hydrogen-bond acceptors (Lipinski definition) is 2. The Morgan fingerprint density at radius 3 is 2.57 bits per heavy atom. The van der Waals surface area contributed by atoms with Crippen LogP contribution >= 0.6 is 0 Å². The Bertz CT molecular complexity index is 979. The Hall–Kier alpha value is -3.02. The van der Waals surface area contributed by atoms with Crippen molar-refractivity contribution in [2.45, 2.75) is 6.54 Å². The van der Waals surface area contributed by atoms with E-state index < -0.39 is 28.6 Å². The van der Waals surface area contributed by atoms with E-state index in [9.17, 15) is 18.4 Å². The molecule has 0 saturated carbocycles. The van der Waals surface area contributed by atoms with Crippen molar-refractivity contribution in [1.29, 1.82) is 0 Å². The van der Waals surface area contributed by atoms with Crippen LogP contribution in [0.25, 0.3) is 10.9 Å². The number of halogens is 2. The molecule has 3 aromatic rings. The molecule has 0 radical (unpaired) electrons. The lowest BCUT2D eigenvalue weighted by Gasteiger charge is -2.13. The smallest absolute Gasteiger partial charge is 0.341 e. The average molecular weight is 315 g/mol. The Labute approximate surface area is 129 Å². The van der Waals surface area contributed by atoms with Gasteiger partial charge in [-0.25, -0.2) is 13.6 Å². The molecule has 1 N–H and O–H groups in total. The van der Waals surface area contributed by atoms with E-state index in [4.69, 9.17) is 5.11 Å². The molecule has 0 saturated heterocycles. The number of fused-ring (bicyclic) bond motifs is 1. The number of benzene rings is 2. The van der Waals surface area contributed by atoms with Gasteiger partial charge in [0.05, 0.1) is 12.1 Å². The standard InChI is InChI=1S/C17H11F2NO3/c18-11-5-6-15-12(7-11)16(21)13(17(22)23)9-20(15)8-10-3-1-2-4-14(10)19/h1-7,9H,8H2,(H,22,23). The van der Waals surface area contributed by atoms with E-state index in [1.165, 1.54) is 22.8 Å². The second-order valence-electron chi connectivity index (χ2n) is 5.06. The van der Waals surface area contributed by atoms with Gasteiger partial charge in [0.25, 0.3) is 0 Å². The summed E-state index contributed by atoms with van der Waals surface area (Å²) in [5.74, 6) is -2.50. The number of pyridine rings is 1. The lowest BCUT2D eigenvalue weighted by Crippen LogP contribution is -2.19. The molecule has 3 rings (SSSR count). The zero-order valence-corrected chi connectivity index (χ0v) is 11.8. The highest BCUT2D eigenvalue weighted by molar-refractivity contribution is 5.92. The van der Waals surface area contributed by atoms with Crippen LogP contribution in [0.1, 0.15) is 15.9 Å². The molecule has 0 amide bonds. The first-order chi connectivity index (χ1) is 11.0. The zero-order valence-electron chi connectivity index (χ0n) is 11.8. The first kappa shape index (κ1) is 14.9. The maximum absolute atomic E-state index is 13.8. The lowest BCUT2D eigenvalue weighted by atomic mass is 10.1. The van der Waals surface area contributed by atoms with E-state index in [2.05, 4.69) is 0 Å². The van der Waals surface area contributed by atoms with Crippen molar-refractivity contribution in [1.82, 2.24) is 4.57 Å². The molecule has 0 unspecified atom stereocenters. The Morgan fingerprint density at radius 2 is 1.87 bits per heavy atom. The van der Waals surface area contributed by atoms with Crippen LogP contribution in [0.15, 0.2) is 53.5 Å². The van der Waals surface area contributed by atoms with Gasteiger partial charge in [0, 0.05) is 17.1 Å². The molecule has 1 aromatic heterocycles. The molecule has 116 valence electrons. The maximum atomic E-state index is 13.8. The van der Waals surface area contributed by atoms with Crippen LogP contribution in [-0.2, 0) is 6.54 Å². The Morgan fingerprint density at radius 1 is 1.13 bits per heavy atom. The number of nitrogens with zero attached hydrogens (tertiary/aromatic N) is 1. The third kappa shape index (κ3) is 2.70. The van der Waals surface area contributed by atoms with Crippen molar-refractivity contribution in [2.75, 3.05) is 0 Å². The van der Waals surface area contributed by atoms with Crippen molar-refractivity contribution < 1.29 is 18.7 Å². The second-order valence-corrected chi connectivity index (χ2v) is 5.06. The topological polar surface area (TPSA) is 59.3 Å². The number of hydrogen-bond donors (Lipinski definition) is 1. The minimum atomic E-state index is -1.41. The van der Waals surface area contributed by atoms with E-state index >= 15 is 0 Å². The van der Waals surface area contributed by atoms with Gasteiger partial charge in [0.1, 0.15) is 17.2 Å². The molecular formula is C17H11F2NO3. The summed E-state index contributed by atoms with van der Waals surface area (Å²) in [7, 11) is 0. The van der Waals surface area contributed by atoms with E-state index in [0.29, 0.717) is 11.1 Å². The molecule has 6 heteroatoms. The number of rotatable bonds is 3. The molecule has 23 heavy (non-hydrogen) atoms. The fraction of sp³-hybridized carbons (Fsp3) is 0.0588. The third-order valence-electron chi connectivity index (χ3n) is 3.57. The van der Waals surface area contributed by atoms with E-state index in [1.54, 1.807) is 18.2 Å². The largest absolute Gasteiger partial charge is 0.477 e. The van der Waals surface area contributed by atoms with Gasteiger partial charge in [-0.05, 0) is 24.3 Å². The third-order valence-corrected chi connectivity index (χ3v) is 3.57. The molecule has 1 heterocycles. The second kappa shape index (κ2) is 5.64. The van der Waals surface area contributed by atoms with Crippen molar-refractivity contribution in [3.05, 3.63) is 81.6 Å². The average Bonchev–Trinajstić information content (AvgIpc) is 2.52. The minimum absolute atomic E-state index is 0.0232. The number of aromatic nitrogens is 1. The summed E-state index contributed by atoms with van der Waals surface area (Å²) in [4.78, 5) is 23.4. The van der Waals surface area contributed by atoms with Gasteiger partial charge < -0.3 is 9.67 Å². The molecule has 0 atom stereocenters. The fourth-order valence-corrected chi connectivity index (χ4v) is 2.46. The molecule has 0 bridgehead atoms. The van der Waals surface area contributed by atoms with Gasteiger partial charge in [-0.1, -0.05) is 18.2 Å². The monoisotopic (exact) mass is 315 g/mol. The lowest BCUT2D eigenvalue weighted by molar-refractivity contribution is 0.0695. The molecule has 0 aliphatic heterocycles. The zero-order chi connectivity index (χ0) is 16.6. The molecular weight excluding hydrogens is 304 g/mol. The summed E-state index contributed by atoms with van der Waals surface area (Å²) >= 11 is 0. The van der Waals surface area contributed by atoms with Crippen LogP contribution in [0.4, 0.5) is 8.78 Å². The van der Waals surface area contributed by atoms with E-state index in [1.807, 2.05) is 0 Å². The van der Waals surface area contributed by atoms with Crippen molar-refractivity contribution in [2.24, 2.45) is 0 Å². The van der Waals surface area contributed by atoms with Gasteiger partial charge in [-0.15, -0.1) is 0 Å². The minimum Gasteiger partial charge on any atom is -0.477 e. The van der Waals surface area contributed by atoms with Gasteiger partial charge in [0.2, 0.25) is 5.43 Å². The fourth-order valence-electron chi connectivity index (χ4n) is 2.46. The first-order valence-electron chi connectivity index (χ1n) is 6.77. The normalized spacial score (nSPS) is 10.9. The summed E-state index contributed by atoms with van der Waals surface area (Å²) < 4.78 is 28.7. The predicted octanol–water partition coefficient (Wildman–Crippen LogP) is 3.03. The van der Waals surface area contributed by atoms with E-state index in [-0.39, 0.29) is 11.9 Å². The van der Waals surface area contributed by atoms with Crippen LogP contribution in [0.2, 0.25) is 0 Å². The summed E-state index contributed by atoms with van der Waals surface area (Å²) in [6, 6.07) is 9.57. The Kier molecular flexibility index (Phi) is 3.65. The number of carbonyl (C=O) groups is 1. The van der Waals surface area contributed by atoms with Crippen molar-refractivity contribution in [3.8, 4) is 0 Å². The summed E-state index contributed by atoms with van der Waals surface area (Å²) in [6.07, 6.45) is 1.15. The van der Waals surface area contributed by atoms with E-state index in [0.717, 1.165) is 12.3 Å². The van der Waals surface area contributed by atoms with Gasteiger partial charge in [-0.3, -0.25) is 4.79 Å². The predicted molar refractivity (Wildman–Crippen MR) is 80.6 cm³/mol. The van der Waals surface area contributed by atoms with Crippen LogP contribution in [0, 0.1) is 11.6 Å². The molecule has 4 nitrogen and oxygen atoms in total. The molecule has 0 fully saturated rings. The molecule has 0 spiro atoms. The van der Waals surface area contributed by atoms with Gasteiger partial charge >= 0.3 is 5.97 Å². The van der Waals surface area contributed by atoms with Gasteiger partial charge in [0.15, 0.2) is 0 Å². The number of carboxylic acid groups (broad SMARTS) is 1. The maximum Gasteiger partial charge on any atom is 0.341 e. The number of carboxylic acids is 1. The molecule has 0 aliphatic carbocycles. The summed E-state index contributed by atoms with van der Waals surface area (Å²) in [6.45, 7) is 0.0232. The van der Waals surface area contributed by atoms with Crippen molar-refractivity contribution >= 4 is 16.9 Å². The van der Waals surface area contributed by atoms with Crippen LogP contribution in [-0.4, -0.2) is 15.6 Å². The molecule has 0 aliphatic rings. The van der Waals surface area contributed by atoms with Crippen LogP contribution < -0.4 is 5.43 Å². The van der Waals surface area contributed by atoms with Gasteiger partial charge in [-0.2, -0.15) is 0 Å². The highest BCUT2D eigenvalue weighted by Gasteiger charge is 2.15. The Balaban J connectivity index is 2.27. The van der Waals surface area contributed by atoms with Crippen LogP contribution in [0.5, 0.6) is 0 Å². The van der Waals surface area contributed by atoms with Crippen LogP contribution in [0.3, 0.4) is 0 Å². The highest BCUT2D eigenvalue weighted by atomic mass is 19.1. The molecule has 2 aromatic carbocycles. The van der Waals surface area contributed by atoms with Crippen molar-refractivity contribution in [3.63, 3.8) is 0 Å². The number of aromatic carboxylic acids is 1. The highest BCUT2D eigenvalue weighted by Crippen LogP contribution is 2.17. The summed E-state index contributed by atoms with van der Waals surface area (Å²) in [5, 5.41) is 9.10.